The second kappa shape index (κ2) is 7.95. The van der Waals surface area contributed by atoms with Gasteiger partial charge >= 0.3 is 0 Å². The lowest BCUT2D eigenvalue weighted by molar-refractivity contribution is -0.00539. The van der Waals surface area contributed by atoms with Crippen LogP contribution in [0.2, 0.25) is 5.02 Å². The number of hydrogen-bond acceptors (Lipinski definition) is 5. The minimum atomic E-state index is -3.98. The van der Waals surface area contributed by atoms with Crippen LogP contribution in [-0.2, 0) is 14.8 Å². The third-order valence-electron chi connectivity index (χ3n) is 4.33. The van der Waals surface area contributed by atoms with Gasteiger partial charge in [0.1, 0.15) is 11.9 Å². The number of ether oxygens (including phenoxy) is 1. The maximum absolute atomic E-state index is 14.7. The molecule has 148 valence electrons. The van der Waals surface area contributed by atoms with Gasteiger partial charge in [-0.15, -0.1) is 0 Å². The van der Waals surface area contributed by atoms with Gasteiger partial charge in [0, 0.05) is 19.2 Å². The van der Waals surface area contributed by atoms with E-state index in [1.807, 2.05) is 24.8 Å². The second-order valence-corrected chi connectivity index (χ2v) is 8.78. The molecule has 2 aromatic rings. The topological polar surface area (TPSA) is 82.4 Å². The number of nitrogens with one attached hydrogen (secondary N) is 1. The van der Waals surface area contributed by atoms with Crippen LogP contribution in [0.1, 0.15) is 19.4 Å². The summed E-state index contributed by atoms with van der Waals surface area (Å²) in [5, 5.41) is 8.92. The number of rotatable bonds is 4. The van der Waals surface area contributed by atoms with E-state index in [0.717, 1.165) is 6.07 Å². The van der Waals surface area contributed by atoms with Gasteiger partial charge in [-0.25, -0.2) is 12.8 Å². The molecule has 1 aliphatic rings. The Labute approximate surface area is 168 Å². The molecule has 2 atom stereocenters. The molecule has 1 saturated heterocycles. The molecule has 1 N–H and O–H groups in total. The van der Waals surface area contributed by atoms with Crippen LogP contribution in [0.25, 0.3) is 0 Å². The van der Waals surface area contributed by atoms with Crippen molar-refractivity contribution in [1.29, 1.82) is 5.26 Å². The fourth-order valence-electron chi connectivity index (χ4n) is 3.17. The summed E-state index contributed by atoms with van der Waals surface area (Å²) in [7, 11) is -3.98. The smallest absolute Gasteiger partial charge is 0.261 e. The summed E-state index contributed by atoms with van der Waals surface area (Å²) in [5.74, 6) is -0.528. The van der Waals surface area contributed by atoms with Gasteiger partial charge in [-0.1, -0.05) is 11.6 Å². The zero-order valence-corrected chi connectivity index (χ0v) is 16.9. The highest BCUT2D eigenvalue weighted by molar-refractivity contribution is 7.92. The standard InChI is InChI=1S/C19H19ClFN3O3S/c1-12-10-24(11-13(2)27-12)19-6-4-15(7-18(19)21)23-28(25,26)16-5-3-14(9-22)17(20)8-16/h3-8,12-13,23H,10-11H2,1-2H3. The van der Waals surface area contributed by atoms with Gasteiger partial charge in [-0.05, 0) is 44.2 Å². The fraction of sp³-hybridized carbons (Fsp3) is 0.316. The Bertz CT molecular complexity index is 1030. The van der Waals surface area contributed by atoms with Crippen LogP contribution in [-0.4, -0.2) is 33.7 Å². The molecule has 0 radical (unpaired) electrons. The quantitative estimate of drug-likeness (QED) is 0.809. The van der Waals surface area contributed by atoms with Crippen LogP contribution in [0.3, 0.4) is 0 Å². The van der Waals surface area contributed by atoms with E-state index in [9.17, 15) is 12.8 Å². The van der Waals surface area contributed by atoms with E-state index >= 15 is 0 Å². The first-order chi connectivity index (χ1) is 13.2. The predicted octanol–water partition coefficient (Wildman–Crippen LogP) is 3.77. The Balaban J connectivity index is 1.82. The van der Waals surface area contributed by atoms with E-state index in [1.54, 1.807) is 6.07 Å². The third kappa shape index (κ3) is 4.38. The van der Waals surface area contributed by atoms with Crippen molar-refractivity contribution < 1.29 is 17.5 Å². The van der Waals surface area contributed by atoms with Gasteiger partial charge < -0.3 is 9.64 Å². The average Bonchev–Trinajstić information content (AvgIpc) is 2.60. The van der Waals surface area contributed by atoms with Gasteiger partial charge in [0.2, 0.25) is 0 Å². The Morgan fingerprint density at radius 2 is 1.89 bits per heavy atom. The Hall–Kier alpha value is -2.34. The van der Waals surface area contributed by atoms with E-state index in [-0.39, 0.29) is 33.4 Å². The number of nitriles is 1. The summed E-state index contributed by atoms with van der Waals surface area (Å²) in [4.78, 5) is 1.77. The molecule has 0 amide bonds. The lowest BCUT2D eigenvalue weighted by atomic mass is 10.2. The third-order valence-corrected chi connectivity index (χ3v) is 6.02. The Morgan fingerprint density at radius 1 is 1.21 bits per heavy atom. The van der Waals surface area contributed by atoms with E-state index in [4.69, 9.17) is 21.6 Å². The van der Waals surface area contributed by atoms with Crippen LogP contribution in [0.15, 0.2) is 41.3 Å². The van der Waals surface area contributed by atoms with E-state index in [0.29, 0.717) is 18.8 Å². The van der Waals surface area contributed by atoms with E-state index in [1.165, 1.54) is 24.3 Å². The summed E-state index contributed by atoms with van der Waals surface area (Å²) in [6.07, 6.45) is -0.0510. The summed E-state index contributed by atoms with van der Waals surface area (Å²) in [5.41, 5.74) is 0.660. The zero-order valence-electron chi connectivity index (χ0n) is 15.3. The number of nitrogens with zero attached hydrogens (tertiary/aromatic N) is 2. The van der Waals surface area contributed by atoms with E-state index < -0.39 is 15.8 Å². The molecular weight excluding hydrogens is 405 g/mol. The summed E-state index contributed by atoms with van der Waals surface area (Å²) in [6, 6.07) is 9.83. The molecule has 1 aliphatic heterocycles. The molecule has 2 aromatic carbocycles. The molecular formula is C19H19ClFN3O3S. The number of morpholine rings is 1. The molecule has 1 heterocycles. The van der Waals surface area contributed by atoms with Crippen molar-refractivity contribution in [3.63, 3.8) is 0 Å². The van der Waals surface area contributed by atoms with Crippen molar-refractivity contribution >= 4 is 33.0 Å². The first-order valence-corrected chi connectivity index (χ1v) is 10.5. The maximum atomic E-state index is 14.7. The summed E-state index contributed by atoms with van der Waals surface area (Å²) in [6.45, 7) is 4.95. The molecule has 0 bridgehead atoms. The summed E-state index contributed by atoms with van der Waals surface area (Å²) < 4.78 is 47.7. The number of sulfonamides is 1. The van der Waals surface area contributed by atoms with Gasteiger partial charge in [0.15, 0.2) is 0 Å². The molecule has 0 aromatic heterocycles. The maximum Gasteiger partial charge on any atom is 0.261 e. The van der Waals surface area contributed by atoms with Crippen molar-refractivity contribution in [2.45, 2.75) is 31.0 Å². The van der Waals surface area contributed by atoms with Gasteiger partial charge in [-0.2, -0.15) is 5.26 Å². The molecule has 0 saturated carbocycles. The summed E-state index contributed by atoms with van der Waals surface area (Å²) >= 11 is 5.90. The number of hydrogen-bond donors (Lipinski definition) is 1. The average molecular weight is 424 g/mol. The predicted molar refractivity (Wildman–Crippen MR) is 106 cm³/mol. The van der Waals surface area contributed by atoms with Crippen molar-refractivity contribution in [3.05, 3.63) is 52.8 Å². The minimum absolute atomic E-state index is 0.0255. The van der Waals surface area contributed by atoms with Crippen molar-refractivity contribution in [2.24, 2.45) is 0 Å². The molecule has 3 rings (SSSR count). The lowest BCUT2D eigenvalue weighted by Gasteiger charge is -2.37. The van der Waals surface area contributed by atoms with Crippen LogP contribution < -0.4 is 9.62 Å². The van der Waals surface area contributed by atoms with Gasteiger partial charge in [0.05, 0.1) is 39.1 Å². The molecule has 9 heteroatoms. The normalized spacial score (nSPS) is 19.9. The van der Waals surface area contributed by atoms with Crippen LogP contribution in [0, 0.1) is 17.1 Å². The van der Waals surface area contributed by atoms with Crippen LogP contribution in [0.4, 0.5) is 15.8 Å². The highest BCUT2D eigenvalue weighted by Gasteiger charge is 2.25. The molecule has 0 aliphatic carbocycles. The lowest BCUT2D eigenvalue weighted by Crippen LogP contribution is -2.45. The van der Waals surface area contributed by atoms with Gasteiger partial charge in [0.25, 0.3) is 10.0 Å². The zero-order chi connectivity index (χ0) is 20.5. The highest BCUT2D eigenvalue weighted by atomic mass is 35.5. The van der Waals surface area contributed by atoms with Crippen LogP contribution in [0.5, 0.6) is 0 Å². The number of anilines is 2. The molecule has 6 nitrogen and oxygen atoms in total. The van der Waals surface area contributed by atoms with Crippen molar-refractivity contribution in [1.82, 2.24) is 0 Å². The largest absolute Gasteiger partial charge is 0.372 e. The molecule has 1 fully saturated rings. The minimum Gasteiger partial charge on any atom is -0.372 e. The van der Waals surface area contributed by atoms with Crippen LogP contribution >= 0.6 is 11.6 Å². The van der Waals surface area contributed by atoms with Crippen molar-refractivity contribution in [2.75, 3.05) is 22.7 Å². The first kappa shape index (κ1) is 20.4. The molecule has 2 unspecified atom stereocenters. The highest BCUT2D eigenvalue weighted by Crippen LogP contribution is 2.28. The first-order valence-electron chi connectivity index (χ1n) is 8.62. The monoisotopic (exact) mass is 423 g/mol. The Kier molecular flexibility index (Phi) is 5.79. The SMILES string of the molecule is CC1CN(c2ccc(NS(=O)(=O)c3ccc(C#N)c(Cl)c3)cc2F)CC(C)O1. The van der Waals surface area contributed by atoms with E-state index in [2.05, 4.69) is 4.72 Å². The van der Waals surface area contributed by atoms with Gasteiger partial charge in [-0.3, -0.25) is 4.72 Å². The number of halogens is 2. The number of benzene rings is 2. The van der Waals surface area contributed by atoms with Crippen molar-refractivity contribution in [3.8, 4) is 6.07 Å². The Morgan fingerprint density at radius 3 is 2.46 bits per heavy atom. The molecule has 0 spiro atoms. The fourth-order valence-corrected chi connectivity index (χ4v) is 4.53. The second-order valence-electron chi connectivity index (χ2n) is 6.69. The molecule has 28 heavy (non-hydrogen) atoms.